The number of ether oxygens (including phenoxy) is 1. The minimum atomic E-state index is 0.682. The Balaban J connectivity index is 2.84. The standard InChI is InChI=1S/C12H24N2O/c1-2-3-11-15-12-7-10-14-9-6-4-5-8-13/h14H,2-7,9-12H2,1H3. The highest BCUT2D eigenvalue weighted by atomic mass is 16.5. The van der Waals surface area contributed by atoms with Crippen molar-refractivity contribution < 1.29 is 4.74 Å². The minimum absolute atomic E-state index is 0.682. The summed E-state index contributed by atoms with van der Waals surface area (Å²) in [7, 11) is 0. The van der Waals surface area contributed by atoms with Crippen molar-refractivity contribution in [3.05, 3.63) is 0 Å². The molecule has 0 heterocycles. The number of nitrogens with zero attached hydrogens (tertiary/aromatic N) is 1. The Bertz CT molecular complexity index is 154. The summed E-state index contributed by atoms with van der Waals surface area (Å²) in [5.74, 6) is 0. The van der Waals surface area contributed by atoms with Crippen LogP contribution in [0.2, 0.25) is 0 Å². The van der Waals surface area contributed by atoms with Crippen LogP contribution >= 0.6 is 0 Å². The molecule has 0 aliphatic rings. The van der Waals surface area contributed by atoms with E-state index in [1.54, 1.807) is 0 Å². The molecule has 0 unspecified atom stereocenters. The van der Waals surface area contributed by atoms with Gasteiger partial charge in [-0.2, -0.15) is 5.26 Å². The molecule has 0 saturated heterocycles. The molecule has 0 aromatic heterocycles. The summed E-state index contributed by atoms with van der Waals surface area (Å²) in [5.41, 5.74) is 0. The molecule has 0 rings (SSSR count). The molecule has 0 amide bonds. The van der Waals surface area contributed by atoms with Crippen molar-refractivity contribution in [1.82, 2.24) is 5.32 Å². The molecular weight excluding hydrogens is 188 g/mol. The van der Waals surface area contributed by atoms with E-state index in [1.807, 2.05) is 0 Å². The summed E-state index contributed by atoms with van der Waals surface area (Å²) in [5, 5.41) is 11.7. The highest BCUT2D eigenvalue weighted by Crippen LogP contribution is 1.92. The average molecular weight is 212 g/mol. The van der Waals surface area contributed by atoms with Crippen LogP contribution in [0.15, 0.2) is 0 Å². The molecule has 0 fully saturated rings. The van der Waals surface area contributed by atoms with E-state index in [4.69, 9.17) is 10.00 Å². The van der Waals surface area contributed by atoms with Crippen molar-refractivity contribution in [3.63, 3.8) is 0 Å². The first-order chi connectivity index (χ1) is 7.41. The number of hydrogen-bond donors (Lipinski definition) is 1. The molecule has 88 valence electrons. The number of unbranched alkanes of at least 4 members (excludes halogenated alkanes) is 3. The lowest BCUT2D eigenvalue weighted by molar-refractivity contribution is 0.129. The highest BCUT2D eigenvalue weighted by Gasteiger charge is 1.90. The summed E-state index contributed by atoms with van der Waals surface area (Å²) >= 11 is 0. The molecule has 3 heteroatoms. The second kappa shape index (κ2) is 13.4. The minimum Gasteiger partial charge on any atom is -0.381 e. The maximum atomic E-state index is 8.32. The van der Waals surface area contributed by atoms with E-state index in [1.165, 1.54) is 12.8 Å². The summed E-state index contributed by atoms with van der Waals surface area (Å²) in [4.78, 5) is 0. The fourth-order valence-corrected chi connectivity index (χ4v) is 1.23. The highest BCUT2D eigenvalue weighted by molar-refractivity contribution is 4.68. The lowest BCUT2D eigenvalue weighted by Crippen LogP contribution is -2.18. The first-order valence-corrected chi connectivity index (χ1v) is 6.07. The van der Waals surface area contributed by atoms with Crippen molar-refractivity contribution in [2.75, 3.05) is 26.3 Å². The molecule has 0 bridgehead atoms. The van der Waals surface area contributed by atoms with Gasteiger partial charge in [-0.15, -0.1) is 0 Å². The van der Waals surface area contributed by atoms with Gasteiger partial charge in [0.1, 0.15) is 0 Å². The zero-order valence-corrected chi connectivity index (χ0v) is 9.93. The van der Waals surface area contributed by atoms with Crippen LogP contribution in [0.1, 0.15) is 45.4 Å². The van der Waals surface area contributed by atoms with Crippen LogP contribution < -0.4 is 5.32 Å². The van der Waals surface area contributed by atoms with Gasteiger partial charge in [0.15, 0.2) is 0 Å². The molecular formula is C12H24N2O. The maximum absolute atomic E-state index is 8.32. The van der Waals surface area contributed by atoms with Crippen LogP contribution in [0.3, 0.4) is 0 Å². The van der Waals surface area contributed by atoms with E-state index < -0.39 is 0 Å². The Hall–Kier alpha value is -0.590. The molecule has 1 N–H and O–H groups in total. The molecule has 0 aromatic rings. The van der Waals surface area contributed by atoms with Gasteiger partial charge in [-0.3, -0.25) is 0 Å². The zero-order valence-electron chi connectivity index (χ0n) is 9.93. The van der Waals surface area contributed by atoms with Gasteiger partial charge >= 0.3 is 0 Å². The number of nitriles is 1. The van der Waals surface area contributed by atoms with Gasteiger partial charge in [0, 0.05) is 19.6 Å². The Morgan fingerprint density at radius 2 is 1.80 bits per heavy atom. The maximum Gasteiger partial charge on any atom is 0.0621 e. The predicted molar refractivity (Wildman–Crippen MR) is 62.7 cm³/mol. The second-order valence-electron chi connectivity index (χ2n) is 3.68. The number of rotatable bonds is 11. The summed E-state index contributed by atoms with van der Waals surface area (Å²) < 4.78 is 5.44. The first kappa shape index (κ1) is 14.4. The van der Waals surface area contributed by atoms with E-state index in [0.29, 0.717) is 6.42 Å². The summed E-state index contributed by atoms with van der Waals surface area (Å²) in [6.07, 6.45) is 6.25. The normalized spacial score (nSPS) is 10.1. The lowest BCUT2D eigenvalue weighted by atomic mass is 10.2. The molecule has 15 heavy (non-hydrogen) atoms. The van der Waals surface area contributed by atoms with Crippen LogP contribution in [-0.2, 0) is 4.74 Å². The van der Waals surface area contributed by atoms with Crippen molar-refractivity contribution in [1.29, 1.82) is 5.26 Å². The topological polar surface area (TPSA) is 45.0 Å². The largest absolute Gasteiger partial charge is 0.381 e. The second-order valence-corrected chi connectivity index (χ2v) is 3.68. The third-order valence-electron chi connectivity index (χ3n) is 2.18. The zero-order chi connectivity index (χ0) is 11.2. The summed E-state index contributed by atoms with van der Waals surface area (Å²) in [6, 6.07) is 2.15. The Kier molecular flexibility index (Phi) is 12.9. The van der Waals surface area contributed by atoms with Crippen molar-refractivity contribution in [2.45, 2.75) is 45.4 Å². The van der Waals surface area contributed by atoms with Crippen LogP contribution in [0.5, 0.6) is 0 Å². The molecule has 0 aliphatic heterocycles. The van der Waals surface area contributed by atoms with E-state index in [2.05, 4.69) is 18.3 Å². The Labute approximate surface area is 93.8 Å². The van der Waals surface area contributed by atoms with Gasteiger partial charge in [0.05, 0.1) is 6.07 Å². The SMILES string of the molecule is CCCCOCCCNCCCCC#N. The Morgan fingerprint density at radius 3 is 2.53 bits per heavy atom. The van der Waals surface area contributed by atoms with Crippen LogP contribution in [0.4, 0.5) is 0 Å². The third kappa shape index (κ3) is 13.4. The molecule has 3 nitrogen and oxygen atoms in total. The molecule has 0 aromatic carbocycles. The molecule has 0 radical (unpaired) electrons. The smallest absolute Gasteiger partial charge is 0.0621 e. The fourth-order valence-electron chi connectivity index (χ4n) is 1.23. The van der Waals surface area contributed by atoms with Crippen LogP contribution in [0, 0.1) is 11.3 Å². The molecule has 0 aliphatic carbocycles. The molecule has 0 saturated carbocycles. The van der Waals surface area contributed by atoms with Gasteiger partial charge in [-0.05, 0) is 38.8 Å². The average Bonchev–Trinajstić information content (AvgIpc) is 2.26. The monoisotopic (exact) mass is 212 g/mol. The molecule has 0 spiro atoms. The Morgan fingerprint density at radius 1 is 1.07 bits per heavy atom. The third-order valence-corrected chi connectivity index (χ3v) is 2.18. The van der Waals surface area contributed by atoms with Gasteiger partial charge in [0.2, 0.25) is 0 Å². The van der Waals surface area contributed by atoms with Gasteiger partial charge in [-0.1, -0.05) is 13.3 Å². The van der Waals surface area contributed by atoms with Crippen LogP contribution in [0.25, 0.3) is 0 Å². The fraction of sp³-hybridized carbons (Fsp3) is 0.917. The van der Waals surface area contributed by atoms with E-state index in [-0.39, 0.29) is 0 Å². The summed E-state index contributed by atoms with van der Waals surface area (Å²) in [6.45, 7) is 5.99. The van der Waals surface area contributed by atoms with Gasteiger partial charge in [-0.25, -0.2) is 0 Å². The van der Waals surface area contributed by atoms with E-state index in [0.717, 1.165) is 45.6 Å². The predicted octanol–water partition coefficient (Wildman–Crippen LogP) is 2.48. The number of nitrogens with one attached hydrogen (secondary N) is 1. The van der Waals surface area contributed by atoms with E-state index >= 15 is 0 Å². The lowest BCUT2D eigenvalue weighted by Gasteiger charge is -2.04. The molecule has 0 atom stereocenters. The van der Waals surface area contributed by atoms with Crippen molar-refractivity contribution in [3.8, 4) is 6.07 Å². The van der Waals surface area contributed by atoms with Crippen LogP contribution in [-0.4, -0.2) is 26.3 Å². The van der Waals surface area contributed by atoms with Crippen molar-refractivity contribution in [2.24, 2.45) is 0 Å². The van der Waals surface area contributed by atoms with Gasteiger partial charge < -0.3 is 10.1 Å². The first-order valence-electron chi connectivity index (χ1n) is 6.07. The quantitative estimate of drug-likeness (QED) is 0.535. The van der Waals surface area contributed by atoms with E-state index in [9.17, 15) is 0 Å². The number of hydrogen-bond acceptors (Lipinski definition) is 3. The van der Waals surface area contributed by atoms with Gasteiger partial charge in [0.25, 0.3) is 0 Å². The van der Waals surface area contributed by atoms with Crippen molar-refractivity contribution >= 4 is 0 Å².